The molecule has 0 aliphatic heterocycles. The largest absolute Gasteiger partial charge is 0.505 e. The van der Waals surface area contributed by atoms with Crippen LogP contribution in [0.15, 0.2) is 35.2 Å². The van der Waals surface area contributed by atoms with Crippen molar-refractivity contribution in [2.75, 3.05) is 19.0 Å². The number of esters is 1. The van der Waals surface area contributed by atoms with Crippen LogP contribution < -0.4 is 10.0 Å². The average Bonchev–Trinajstić information content (AvgIpc) is 2.61. The van der Waals surface area contributed by atoms with Gasteiger partial charge in [0.2, 0.25) is 15.9 Å². The van der Waals surface area contributed by atoms with Gasteiger partial charge in [-0.1, -0.05) is 23.8 Å². The zero-order valence-corrected chi connectivity index (χ0v) is 17.5. The number of sulfonamides is 1. The summed E-state index contributed by atoms with van der Waals surface area (Å²) in [5, 5.41) is 12.6. The van der Waals surface area contributed by atoms with Crippen LogP contribution in [-0.2, 0) is 19.6 Å². The molecular weight excluding hydrogens is 396 g/mol. The zero-order valence-electron chi connectivity index (χ0n) is 16.7. The Morgan fingerprint density at radius 2 is 1.72 bits per heavy atom. The molecule has 0 aliphatic carbocycles. The number of hydrogen-bond donors (Lipinski definition) is 3. The van der Waals surface area contributed by atoms with E-state index in [1.165, 1.54) is 25.3 Å². The molecule has 1 amide bonds. The van der Waals surface area contributed by atoms with E-state index in [4.69, 9.17) is 0 Å². The molecule has 0 unspecified atom stereocenters. The van der Waals surface area contributed by atoms with Crippen molar-refractivity contribution in [3.63, 3.8) is 0 Å². The van der Waals surface area contributed by atoms with Crippen molar-refractivity contribution in [3.05, 3.63) is 52.6 Å². The fourth-order valence-electron chi connectivity index (χ4n) is 3.09. The van der Waals surface area contributed by atoms with Crippen molar-refractivity contribution >= 4 is 27.6 Å². The molecule has 2 aromatic rings. The van der Waals surface area contributed by atoms with Crippen LogP contribution in [-0.4, -0.2) is 39.1 Å². The highest BCUT2D eigenvalue weighted by Gasteiger charge is 2.20. The number of phenols is 1. The third-order valence-electron chi connectivity index (χ3n) is 4.23. The molecule has 3 N–H and O–H groups in total. The number of carbonyl (C=O) groups is 2. The van der Waals surface area contributed by atoms with Crippen LogP contribution in [0, 0.1) is 20.8 Å². The van der Waals surface area contributed by atoms with Crippen LogP contribution in [0.2, 0.25) is 0 Å². The number of amides is 1. The summed E-state index contributed by atoms with van der Waals surface area (Å²) in [6.07, 6.45) is -0.162. The molecule has 2 rings (SSSR count). The Labute approximate surface area is 169 Å². The second-order valence-electron chi connectivity index (χ2n) is 6.62. The van der Waals surface area contributed by atoms with Gasteiger partial charge in [0.05, 0.1) is 17.7 Å². The van der Waals surface area contributed by atoms with E-state index in [1.54, 1.807) is 26.0 Å². The lowest BCUT2D eigenvalue weighted by Crippen LogP contribution is -2.29. The fraction of sp³-hybridized carbons (Fsp3) is 0.300. The summed E-state index contributed by atoms with van der Waals surface area (Å²) in [6, 6.07) is 7.82. The van der Waals surface area contributed by atoms with E-state index in [0.29, 0.717) is 11.1 Å². The van der Waals surface area contributed by atoms with Gasteiger partial charge in [-0.05, 0) is 44.0 Å². The number of aryl methyl sites for hydroxylation is 3. The smallest absolute Gasteiger partial charge is 0.341 e. The van der Waals surface area contributed by atoms with Crippen molar-refractivity contribution in [2.24, 2.45) is 0 Å². The number of methoxy groups -OCH3 is 1. The van der Waals surface area contributed by atoms with Crippen molar-refractivity contribution < 1.29 is 27.9 Å². The molecule has 156 valence electrons. The summed E-state index contributed by atoms with van der Waals surface area (Å²) < 4.78 is 32.2. The summed E-state index contributed by atoms with van der Waals surface area (Å²) in [5.74, 6) is -1.68. The minimum absolute atomic E-state index is 0.0333. The highest BCUT2D eigenvalue weighted by molar-refractivity contribution is 7.89. The van der Waals surface area contributed by atoms with Gasteiger partial charge in [-0.3, -0.25) is 4.79 Å². The van der Waals surface area contributed by atoms with Crippen LogP contribution in [0.4, 0.5) is 5.69 Å². The maximum Gasteiger partial charge on any atom is 0.341 e. The molecule has 0 bridgehead atoms. The zero-order chi connectivity index (χ0) is 21.8. The Morgan fingerprint density at radius 1 is 1.10 bits per heavy atom. The summed E-state index contributed by atoms with van der Waals surface area (Å²) in [7, 11) is -2.60. The lowest BCUT2D eigenvalue weighted by Gasteiger charge is -2.13. The first-order valence-corrected chi connectivity index (χ1v) is 10.3. The highest BCUT2D eigenvalue weighted by atomic mass is 32.2. The van der Waals surface area contributed by atoms with Gasteiger partial charge in [-0.15, -0.1) is 0 Å². The van der Waals surface area contributed by atoms with Crippen LogP contribution in [0.3, 0.4) is 0 Å². The lowest BCUT2D eigenvalue weighted by atomic mass is 10.1. The first-order chi connectivity index (χ1) is 13.6. The Kier molecular flexibility index (Phi) is 6.99. The quantitative estimate of drug-likeness (QED) is 0.467. The Morgan fingerprint density at radius 3 is 2.31 bits per heavy atom. The van der Waals surface area contributed by atoms with Crippen molar-refractivity contribution in [1.29, 1.82) is 0 Å². The van der Waals surface area contributed by atoms with Gasteiger partial charge >= 0.3 is 5.97 Å². The van der Waals surface area contributed by atoms with Gasteiger partial charge in [-0.25, -0.2) is 17.9 Å². The Balaban J connectivity index is 2.03. The van der Waals surface area contributed by atoms with Gasteiger partial charge in [0, 0.05) is 13.0 Å². The second-order valence-corrected chi connectivity index (χ2v) is 8.32. The van der Waals surface area contributed by atoms with Crippen molar-refractivity contribution in [3.8, 4) is 5.75 Å². The molecular formula is C20H24N2O6S. The summed E-state index contributed by atoms with van der Waals surface area (Å²) in [6.45, 7) is 5.20. The molecule has 0 aromatic heterocycles. The number of carbonyl (C=O) groups excluding carboxylic acids is 2. The Bertz CT molecular complexity index is 1020. The third-order valence-corrected chi connectivity index (χ3v) is 6.00. The number of benzene rings is 2. The SMILES string of the molecule is COC(=O)c1cccc(NC(=O)CCNS(=O)(=O)c2c(C)cc(C)cc2C)c1O. The predicted molar refractivity (Wildman–Crippen MR) is 109 cm³/mol. The standard InChI is InChI=1S/C20H24N2O6S/c1-12-10-13(2)19(14(3)11-12)29(26,27)21-9-8-17(23)22-16-7-5-6-15(18(16)24)20(25)28-4/h5-7,10-11,21,24H,8-9H2,1-4H3,(H,22,23). The first-order valence-electron chi connectivity index (χ1n) is 8.84. The number of nitrogens with one attached hydrogen (secondary N) is 2. The Hall–Kier alpha value is -2.91. The highest BCUT2D eigenvalue weighted by Crippen LogP contribution is 2.28. The number of para-hydroxylation sites is 1. The normalized spacial score (nSPS) is 11.2. The van der Waals surface area contributed by atoms with E-state index in [9.17, 15) is 23.1 Å². The minimum Gasteiger partial charge on any atom is -0.505 e. The molecule has 0 heterocycles. The van der Waals surface area contributed by atoms with E-state index < -0.39 is 27.6 Å². The van der Waals surface area contributed by atoms with Crippen molar-refractivity contribution in [1.82, 2.24) is 4.72 Å². The molecule has 0 spiro atoms. The topological polar surface area (TPSA) is 122 Å². The van der Waals surface area contributed by atoms with Crippen molar-refractivity contribution in [2.45, 2.75) is 32.1 Å². The molecule has 0 atom stereocenters. The van der Waals surface area contributed by atoms with Gasteiger partial charge in [-0.2, -0.15) is 0 Å². The predicted octanol–water partition coefficient (Wildman–Crippen LogP) is 2.41. The second kappa shape index (κ2) is 9.06. The maximum atomic E-state index is 12.6. The maximum absolute atomic E-state index is 12.6. The molecule has 2 aromatic carbocycles. The molecule has 8 nitrogen and oxygen atoms in total. The molecule has 9 heteroatoms. The van der Waals surface area contributed by atoms with Crippen LogP contribution >= 0.6 is 0 Å². The van der Waals surface area contributed by atoms with Gasteiger partial charge in [0.15, 0.2) is 5.75 Å². The number of aromatic hydroxyl groups is 1. The number of anilines is 1. The summed E-state index contributed by atoms with van der Waals surface area (Å²) in [5.41, 5.74) is 2.17. The molecule has 29 heavy (non-hydrogen) atoms. The van der Waals surface area contributed by atoms with Crippen LogP contribution in [0.5, 0.6) is 5.75 Å². The number of hydrogen-bond acceptors (Lipinski definition) is 6. The first kappa shape index (κ1) is 22.4. The number of phenolic OH excluding ortho intramolecular Hbond substituents is 1. The molecule has 0 radical (unpaired) electrons. The van der Waals surface area contributed by atoms with E-state index in [0.717, 1.165) is 5.56 Å². The van der Waals surface area contributed by atoms with Crippen LogP contribution in [0.1, 0.15) is 33.5 Å². The van der Waals surface area contributed by atoms with E-state index in [2.05, 4.69) is 14.8 Å². The van der Waals surface area contributed by atoms with E-state index in [-0.39, 0.29) is 29.1 Å². The third kappa shape index (κ3) is 5.33. The summed E-state index contributed by atoms with van der Waals surface area (Å²) in [4.78, 5) is 23.9. The fourth-order valence-corrected chi connectivity index (χ4v) is 4.57. The molecule has 0 fully saturated rings. The van der Waals surface area contributed by atoms with Crippen LogP contribution in [0.25, 0.3) is 0 Å². The minimum atomic E-state index is -3.78. The van der Waals surface area contributed by atoms with E-state index in [1.807, 2.05) is 6.92 Å². The average molecular weight is 420 g/mol. The lowest BCUT2D eigenvalue weighted by molar-refractivity contribution is -0.116. The van der Waals surface area contributed by atoms with Gasteiger partial charge in [0.1, 0.15) is 5.56 Å². The number of ether oxygens (including phenoxy) is 1. The monoisotopic (exact) mass is 420 g/mol. The van der Waals surface area contributed by atoms with Gasteiger partial charge in [0.25, 0.3) is 0 Å². The summed E-state index contributed by atoms with van der Waals surface area (Å²) >= 11 is 0. The number of rotatable bonds is 7. The van der Waals surface area contributed by atoms with Gasteiger partial charge < -0.3 is 15.2 Å². The molecule has 0 aliphatic rings. The molecule has 0 saturated carbocycles. The van der Waals surface area contributed by atoms with E-state index >= 15 is 0 Å². The molecule has 0 saturated heterocycles.